The predicted molar refractivity (Wildman–Crippen MR) is 50.1 cm³/mol. The fraction of sp³-hybridized carbons (Fsp3) is 1.00. The summed E-state index contributed by atoms with van der Waals surface area (Å²) in [4.78, 5) is 10.4. The summed E-state index contributed by atoms with van der Waals surface area (Å²) in [6.45, 7) is 0.760. The van der Waals surface area contributed by atoms with Gasteiger partial charge in [0.25, 0.3) is 0 Å². The summed E-state index contributed by atoms with van der Waals surface area (Å²) >= 11 is 3.75. The van der Waals surface area contributed by atoms with Gasteiger partial charge in [-0.2, -0.15) is 0 Å². The molecule has 3 atom stereocenters. The maximum Gasteiger partial charge on any atom is 0.0889 e. The molecule has 2 fully saturated rings. The average Bonchev–Trinajstić information content (AvgIpc) is 2.58. The average molecular weight is 235 g/mol. The van der Waals surface area contributed by atoms with Gasteiger partial charge in [0.15, 0.2) is 0 Å². The number of fused-ring (bicyclic) bond motifs is 2. The van der Waals surface area contributed by atoms with Crippen LogP contribution in [0.2, 0.25) is 0 Å². The van der Waals surface area contributed by atoms with Gasteiger partial charge in [0.05, 0.1) is 13.7 Å². The normalized spacial score (nSPS) is 45.5. The van der Waals surface area contributed by atoms with Crippen LogP contribution in [-0.4, -0.2) is 18.5 Å². The Balaban J connectivity index is 1.98. The van der Waals surface area contributed by atoms with Crippen LogP contribution in [0, 0.1) is 11.3 Å². The van der Waals surface area contributed by atoms with Crippen molar-refractivity contribution in [2.75, 3.05) is 13.7 Å². The molecule has 0 aliphatic heterocycles. The molecule has 2 aliphatic rings. The fourth-order valence-electron chi connectivity index (χ4n) is 2.70. The lowest BCUT2D eigenvalue weighted by atomic mass is 9.85. The summed E-state index contributed by atoms with van der Waals surface area (Å²) in [6.07, 6.45) is 5.34. The van der Waals surface area contributed by atoms with E-state index in [0.29, 0.717) is 10.2 Å². The molecule has 2 saturated carbocycles. The van der Waals surface area contributed by atoms with E-state index in [1.54, 1.807) is 7.11 Å². The van der Waals surface area contributed by atoms with E-state index in [0.717, 1.165) is 12.5 Å². The van der Waals surface area contributed by atoms with E-state index in [2.05, 4.69) is 20.8 Å². The highest BCUT2D eigenvalue weighted by molar-refractivity contribution is 9.09. The Morgan fingerprint density at radius 1 is 1.58 bits per heavy atom. The van der Waals surface area contributed by atoms with E-state index in [1.165, 1.54) is 25.7 Å². The molecule has 0 N–H and O–H groups in total. The first-order valence-corrected chi connectivity index (χ1v) is 5.48. The van der Waals surface area contributed by atoms with Crippen LogP contribution in [0.25, 0.3) is 0 Å². The zero-order valence-corrected chi connectivity index (χ0v) is 8.97. The number of alkyl halides is 1. The molecular formula is C9H15BrO2. The number of hydrogen-bond donors (Lipinski definition) is 0. The first-order chi connectivity index (χ1) is 5.77. The Morgan fingerprint density at radius 2 is 2.42 bits per heavy atom. The van der Waals surface area contributed by atoms with E-state index >= 15 is 0 Å². The fourth-order valence-corrected chi connectivity index (χ4v) is 3.77. The summed E-state index contributed by atoms with van der Waals surface area (Å²) in [5.74, 6) is 0.940. The van der Waals surface area contributed by atoms with Gasteiger partial charge in [0.1, 0.15) is 0 Å². The maximum absolute atomic E-state index is 5.08. The number of hydrogen-bond acceptors (Lipinski definition) is 2. The van der Waals surface area contributed by atoms with E-state index < -0.39 is 0 Å². The summed E-state index contributed by atoms with van der Waals surface area (Å²) in [6, 6.07) is 0. The van der Waals surface area contributed by atoms with Gasteiger partial charge in [0, 0.05) is 10.2 Å². The smallest absolute Gasteiger partial charge is 0.0889 e. The van der Waals surface area contributed by atoms with Crippen molar-refractivity contribution in [3.63, 3.8) is 0 Å². The number of rotatable bonds is 3. The molecule has 0 heterocycles. The van der Waals surface area contributed by atoms with Gasteiger partial charge in [-0.25, -0.2) is 9.78 Å². The molecule has 70 valence electrons. The number of halogens is 1. The Morgan fingerprint density at radius 3 is 2.92 bits per heavy atom. The van der Waals surface area contributed by atoms with E-state index in [1.807, 2.05) is 0 Å². The van der Waals surface area contributed by atoms with E-state index in [9.17, 15) is 0 Å². The summed E-state index contributed by atoms with van der Waals surface area (Å²) in [5.41, 5.74) is 0.390. The zero-order chi connectivity index (χ0) is 8.60. The van der Waals surface area contributed by atoms with E-state index in [4.69, 9.17) is 4.89 Å². The summed E-state index contributed by atoms with van der Waals surface area (Å²) < 4.78 is 0. The van der Waals surface area contributed by atoms with Crippen molar-refractivity contribution in [3.8, 4) is 0 Å². The maximum atomic E-state index is 5.08. The molecule has 0 aromatic heterocycles. The standard InChI is InChI=1S/C9H15BrO2/c1-11-12-6-9-3-2-7(5-9)4-8(9)10/h7-8H,2-6H2,1H3. The molecule has 0 radical (unpaired) electrons. The van der Waals surface area contributed by atoms with Crippen LogP contribution in [-0.2, 0) is 9.78 Å². The minimum Gasteiger partial charge on any atom is -0.240 e. The van der Waals surface area contributed by atoms with Crippen molar-refractivity contribution < 1.29 is 9.78 Å². The first-order valence-electron chi connectivity index (χ1n) is 4.56. The highest BCUT2D eigenvalue weighted by atomic mass is 79.9. The summed E-state index contributed by atoms with van der Waals surface area (Å²) in [5, 5.41) is 0. The lowest BCUT2D eigenvalue weighted by molar-refractivity contribution is -0.288. The van der Waals surface area contributed by atoms with Crippen molar-refractivity contribution in [2.24, 2.45) is 11.3 Å². The van der Waals surface area contributed by atoms with Crippen LogP contribution >= 0.6 is 15.9 Å². The van der Waals surface area contributed by atoms with Crippen LogP contribution < -0.4 is 0 Å². The Bertz CT molecular complexity index is 174. The van der Waals surface area contributed by atoms with Crippen LogP contribution in [0.5, 0.6) is 0 Å². The first kappa shape index (κ1) is 8.97. The van der Waals surface area contributed by atoms with E-state index in [-0.39, 0.29) is 0 Å². The van der Waals surface area contributed by atoms with Gasteiger partial charge < -0.3 is 0 Å². The van der Waals surface area contributed by atoms with Crippen molar-refractivity contribution in [2.45, 2.75) is 30.5 Å². The zero-order valence-electron chi connectivity index (χ0n) is 7.38. The molecule has 2 aliphatic carbocycles. The third kappa shape index (κ3) is 1.32. The predicted octanol–water partition coefficient (Wildman–Crippen LogP) is 2.52. The topological polar surface area (TPSA) is 18.5 Å². The minimum absolute atomic E-state index is 0.390. The van der Waals surface area contributed by atoms with Crippen molar-refractivity contribution in [1.82, 2.24) is 0 Å². The van der Waals surface area contributed by atoms with Crippen molar-refractivity contribution in [3.05, 3.63) is 0 Å². The summed E-state index contributed by atoms with van der Waals surface area (Å²) in [7, 11) is 1.58. The molecule has 3 heteroatoms. The van der Waals surface area contributed by atoms with Crippen LogP contribution in [0.4, 0.5) is 0 Å². The van der Waals surface area contributed by atoms with Gasteiger partial charge in [-0.3, -0.25) is 0 Å². The Kier molecular flexibility index (Phi) is 2.45. The van der Waals surface area contributed by atoms with Crippen LogP contribution in [0.1, 0.15) is 25.7 Å². The monoisotopic (exact) mass is 234 g/mol. The largest absolute Gasteiger partial charge is 0.240 e. The van der Waals surface area contributed by atoms with Gasteiger partial charge in [0.2, 0.25) is 0 Å². The van der Waals surface area contributed by atoms with Gasteiger partial charge in [-0.05, 0) is 31.6 Å². The van der Waals surface area contributed by atoms with Gasteiger partial charge >= 0.3 is 0 Å². The molecule has 12 heavy (non-hydrogen) atoms. The Labute approximate surface area is 81.7 Å². The molecule has 2 bridgehead atoms. The van der Waals surface area contributed by atoms with Crippen LogP contribution in [0.15, 0.2) is 0 Å². The molecule has 0 spiro atoms. The third-order valence-electron chi connectivity index (χ3n) is 3.41. The molecule has 0 saturated heterocycles. The second-order valence-corrected chi connectivity index (χ2v) is 5.21. The lowest BCUT2D eigenvalue weighted by Crippen LogP contribution is -2.30. The molecular weight excluding hydrogens is 220 g/mol. The van der Waals surface area contributed by atoms with Gasteiger partial charge in [-0.15, -0.1) is 0 Å². The molecule has 0 aromatic rings. The van der Waals surface area contributed by atoms with Crippen molar-refractivity contribution >= 4 is 15.9 Å². The quantitative estimate of drug-likeness (QED) is 0.425. The van der Waals surface area contributed by atoms with Gasteiger partial charge in [-0.1, -0.05) is 15.9 Å². The molecule has 3 unspecified atom stereocenters. The van der Waals surface area contributed by atoms with Crippen LogP contribution in [0.3, 0.4) is 0 Å². The molecule has 0 aromatic carbocycles. The second kappa shape index (κ2) is 3.28. The molecule has 2 nitrogen and oxygen atoms in total. The lowest BCUT2D eigenvalue weighted by Gasteiger charge is -2.30. The SMILES string of the molecule is COOCC12CCC(CC1Br)C2. The highest BCUT2D eigenvalue weighted by Gasteiger charge is 2.51. The van der Waals surface area contributed by atoms with Crippen molar-refractivity contribution in [1.29, 1.82) is 0 Å². The molecule has 0 amide bonds. The molecule has 2 rings (SSSR count). The minimum atomic E-state index is 0.390. The highest BCUT2D eigenvalue weighted by Crippen LogP contribution is 2.56. The third-order valence-corrected chi connectivity index (χ3v) is 4.76. The second-order valence-electron chi connectivity index (χ2n) is 4.10. The Hall–Kier alpha value is 0.400.